The largest absolute Gasteiger partial charge is 0.493 e. The number of piperazine rings is 1. The summed E-state index contributed by atoms with van der Waals surface area (Å²) >= 11 is 0. The number of nitrogens with zero attached hydrogens (tertiary/aromatic N) is 5. The molecule has 0 atom stereocenters. The Balaban J connectivity index is 1.17. The van der Waals surface area contributed by atoms with Gasteiger partial charge in [-0.1, -0.05) is 66.7 Å². The Morgan fingerprint density at radius 3 is 2.30 bits per heavy atom. The second-order valence-corrected chi connectivity index (χ2v) is 16.5. The molecule has 0 radical (unpaired) electrons. The van der Waals surface area contributed by atoms with Gasteiger partial charge < -0.3 is 38.1 Å². The SMILES string of the molecule is C=CCOCc1c(-c2cccc3c(CCCOc4cccc5ccccc45)c(C(=O)OCC)n(CC=C)c23)c(COc2ccc(N3CCN(C(=O)OC(C)(C)C)CC3)cc2)nn1C. The van der Waals surface area contributed by atoms with Crippen LogP contribution in [0.5, 0.6) is 11.5 Å². The molecule has 0 saturated carbocycles. The number of rotatable bonds is 18. The van der Waals surface area contributed by atoms with E-state index in [9.17, 15) is 9.59 Å². The number of amides is 1. The number of carbonyl (C=O) groups is 2. The van der Waals surface area contributed by atoms with Gasteiger partial charge in [-0.25, -0.2) is 9.59 Å². The van der Waals surface area contributed by atoms with Gasteiger partial charge in [0.2, 0.25) is 0 Å². The van der Waals surface area contributed by atoms with Crippen molar-refractivity contribution in [3.05, 3.63) is 133 Å². The fourth-order valence-electron chi connectivity index (χ4n) is 8.25. The molecule has 7 rings (SSSR count). The zero-order valence-electron chi connectivity index (χ0n) is 37.2. The maximum absolute atomic E-state index is 14.0. The van der Waals surface area contributed by atoms with Crippen molar-refractivity contribution in [2.75, 3.05) is 50.9 Å². The van der Waals surface area contributed by atoms with Crippen LogP contribution in [0.1, 0.15) is 61.6 Å². The first kappa shape index (κ1) is 44.5. The number of anilines is 1. The second kappa shape index (κ2) is 20.1. The third-order valence-electron chi connectivity index (χ3n) is 11.0. The minimum absolute atomic E-state index is 0.181. The van der Waals surface area contributed by atoms with E-state index in [1.807, 2.05) is 98.6 Å². The van der Waals surface area contributed by atoms with E-state index in [1.165, 1.54) is 0 Å². The number of carbonyl (C=O) groups excluding carboxylic acids is 2. The number of aryl methyl sites for hydroxylation is 2. The molecule has 63 heavy (non-hydrogen) atoms. The molecule has 1 aliphatic rings. The highest BCUT2D eigenvalue weighted by molar-refractivity contribution is 6.05. The van der Waals surface area contributed by atoms with Crippen LogP contribution in [0.15, 0.2) is 110 Å². The molecule has 0 aliphatic carbocycles. The minimum Gasteiger partial charge on any atom is -0.493 e. The van der Waals surface area contributed by atoms with Crippen molar-refractivity contribution < 1.29 is 33.3 Å². The summed E-state index contributed by atoms with van der Waals surface area (Å²) in [6.07, 6.45) is 4.50. The van der Waals surface area contributed by atoms with Crippen molar-refractivity contribution >= 4 is 39.4 Å². The quantitative estimate of drug-likeness (QED) is 0.0474. The highest BCUT2D eigenvalue weighted by atomic mass is 16.6. The molecular weight excluding hydrogens is 795 g/mol. The van der Waals surface area contributed by atoms with E-state index < -0.39 is 5.60 Å². The molecule has 6 aromatic rings. The first-order valence-electron chi connectivity index (χ1n) is 21.7. The van der Waals surface area contributed by atoms with Crippen LogP contribution in [-0.2, 0) is 47.4 Å². The van der Waals surface area contributed by atoms with Gasteiger partial charge in [-0.15, -0.1) is 13.2 Å². The molecule has 1 saturated heterocycles. The van der Waals surface area contributed by atoms with Crippen molar-refractivity contribution in [2.24, 2.45) is 7.05 Å². The number of para-hydroxylation sites is 1. The van der Waals surface area contributed by atoms with E-state index in [4.69, 9.17) is 28.8 Å². The molecule has 0 spiro atoms. The molecule has 330 valence electrons. The summed E-state index contributed by atoms with van der Waals surface area (Å²) in [7, 11) is 1.91. The van der Waals surface area contributed by atoms with E-state index in [2.05, 4.69) is 48.4 Å². The summed E-state index contributed by atoms with van der Waals surface area (Å²) in [5.74, 6) is 1.14. The average Bonchev–Trinajstić information content (AvgIpc) is 3.77. The van der Waals surface area contributed by atoms with Crippen LogP contribution in [0.25, 0.3) is 32.8 Å². The first-order valence-corrected chi connectivity index (χ1v) is 21.7. The summed E-state index contributed by atoms with van der Waals surface area (Å²) in [5.41, 5.74) is 6.14. The standard InChI is InChI=1S/C51H59N5O7/c1-8-27-56-47-40(41(48(56)49(57)60-10-3)21-15-33-61-45-22-13-17-36-16-11-12-18-39(36)45)19-14-20-42(47)46-43(52-53(7)44(46)35-59-32-9-2)34-62-38-25-23-37(24-26-38)54-28-30-55(31-29-54)50(58)63-51(4,5)6/h8-9,11-14,16-20,22-26H,1-2,10,15,21,27-35H2,3-7H3. The van der Waals surface area contributed by atoms with E-state index in [0.29, 0.717) is 70.2 Å². The second-order valence-electron chi connectivity index (χ2n) is 16.5. The van der Waals surface area contributed by atoms with Crippen molar-refractivity contribution in [1.82, 2.24) is 19.2 Å². The van der Waals surface area contributed by atoms with E-state index in [0.717, 1.165) is 61.2 Å². The van der Waals surface area contributed by atoms with Gasteiger partial charge >= 0.3 is 12.1 Å². The molecule has 0 bridgehead atoms. The predicted molar refractivity (Wildman–Crippen MR) is 249 cm³/mol. The van der Waals surface area contributed by atoms with Crippen LogP contribution in [0.4, 0.5) is 10.5 Å². The third kappa shape index (κ3) is 10.2. The number of aromatic nitrogens is 3. The predicted octanol–water partition coefficient (Wildman–Crippen LogP) is 9.91. The lowest BCUT2D eigenvalue weighted by Crippen LogP contribution is -2.50. The first-order chi connectivity index (χ1) is 30.5. The maximum atomic E-state index is 14.0. The normalized spacial score (nSPS) is 13.0. The minimum atomic E-state index is -0.530. The molecule has 3 heterocycles. The summed E-state index contributed by atoms with van der Waals surface area (Å²) < 4.78 is 34.0. The van der Waals surface area contributed by atoms with Crippen LogP contribution < -0.4 is 14.4 Å². The molecule has 2 aromatic heterocycles. The fraction of sp³-hybridized carbons (Fsp3) is 0.353. The van der Waals surface area contributed by atoms with Gasteiger partial charge in [0.1, 0.15) is 35.1 Å². The van der Waals surface area contributed by atoms with Gasteiger partial charge in [0, 0.05) is 67.4 Å². The summed E-state index contributed by atoms with van der Waals surface area (Å²) in [4.78, 5) is 30.6. The number of esters is 1. The van der Waals surface area contributed by atoms with Gasteiger partial charge in [0.25, 0.3) is 0 Å². The Hall–Kier alpha value is -6.53. The smallest absolute Gasteiger partial charge is 0.410 e. The molecule has 12 heteroatoms. The zero-order valence-corrected chi connectivity index (χ0v) is 37.2. The molecule has 4 aromatic carbocycles. The van der Waals surface area contributed by atoms with Gasteiger partial charge in [0.05, 0.1) is 37.6 Å². The monoisotopic (exact) mass is 853 g/mol. The van der Waals surface area contributed by atoms with Crippen LogP contribution in [0.2, 0.25) is 0 Å². The zero-order chi connectivity index (χ0) is 44.5. The van der Waals surface area contributed by atoms with Gasteiger partial charge in [-0.3, -0.25) is 4.68 Å². The van der Waals surface area contributed by atoms with Gasteiger partial charge in [0.15, 0.2) is 0 Å². The highest BCUT2D eigenvalue weighted by Crippen LogP contribution is 2.39. The highest BCUT2D eigenvalue weighted by Gasteiger charge is 2.29. The molecule has 0 unspecified atom stereocenters. The third-order valence-corrected chi connectivity index (χ3v) is 11.0. The lowest BCUT2D eigenvalue weighted by molar-refractivity contribution is 0.0240. The van der Waals surface area contributed by atoms with Crippen molar-refractivity contribution in [3.63, 3.8) is 0 Å². The summed E-state index contributed by atoms with van der Waals surface area (Å²) in [6, 6.07) is 28.4. The Bertz CT molecular complexity index is 2550. The molecule has 1 fully saturated rings. The number of hydrogen-bond acceptors (Lipinski definition) is 9. The number of ether oxygens (including phenoxy) is 5. The Morgan fingerprint density at radius 1 is 0.841 bits per heavy atom. The Kier molecular flexibility index (Phi) is 14.2. The van der Waals surface area contributed by atoms with Crippen LogP contribution >= 0.6 is 0 Å². The van der Waals surface area contributed by atoms with E-state index in [1.54, 1.807) is 17.1 Å². The van der Waals surface area contributed by atoms with Crippen LogP contribution in [0, 0.1) is 0 Å². The molecule has 1 amide bonds. The number of hydrogen-bond donors (Lipinski definition) is 0. The summed E-state index contributed by atoms with van der Waals surface area (Å²) in [5, 5.41) is 8.13. The number of allylic oxidation sites excluding steroid dienone is 1. The van der Waals surface area contributed by atoms with Crippen LogP contribution in [-0.4, -0.2) is 82.9 Å². The molecule has 0 N–H and O–H groups in total. The molecule has 1 aliphatic heterocycles. The Morgan fingerprint density at radius 2 is 1.57 bits per heavy atom. The lowest BCUT2D eigenvalue weighted by atomic mass is 9.98. The van der Waals surface area contributed by atoms with E-state index in [-0.39, 0.29) is 31.9 Å². The lowest BCUT2D eigenvalue weighted by Gasteiger charge is -2.36. The van der Waals surface area contributed by atoms with Gasteiger partial charge in [-0.2, -0.15) is 5.10 Å². The van der Waals surface area contributed by atoms with Crippen molar-refractivity contribution in [1.29, 1.82) is 0 Å². The number of benzene rings is 4. The van der Waals surface area contributed by atoms with Gasteiger partial charge in [-0.05, 0) is 81.8 Å². The molecule has 12 nitrogen and oxygen atoms in total. The van der Waals surface area contributed by atoms with Crippen LogP contribution in [0.3, 0.4) is 0 Å². The number of fused-ring (bicyclic) bond motifs is 2. The fourth-order valence-corrected chi connectivity index (χ4v) is 8.25. The molecular formula is C51H59N5O7. The van der Waals surface area contributed by atoms with Crippen molar-refractivity contribution in [2.45, 2.75) is 65.9 Å². The average molecular weight is 854 g/mol. The van der Waals surface area contributed by atoms with Crippen molar-refractivity contribution in [3.8, 4) is 22.6 Å². The summed E-state index contributed by atoms with van der Waals surface area (Å²) in [6.45, 7) is 19.9. The maximum Gasteiger partial charge on any atom is 0.410 e. The Labute approximate surface area is 370 Å². The topological polar surface area (TPSA) is 110 Å². The van der Waals surface area contributed by atoms with E-state index >= 15 is 0 Å².